The average molecular weight is 495 g/mol. The molecule has 0 aliphatic rings. The molecule has 0 fully saturated rings. The largest absolute Gasteiger partial charge is 0.416 e. The molecule has 11 heteroatoms. The van der Waals surface area contributed by atoms with Gasteiger partial charge in [-0.1, -0.05) is 6.07 Å². The standard InChI is InChI=1S/C23H21F4N3O3S/c1-14-20(34(33)18-8-6-16(24)7-9-18)13-19(21(31)29-11-3-10-28)22(32)30(14)17-5-2-4-15(12-17)23(25,26)27/h2,4-9,12-13H,3,10-11,28H2,1H3,(H,29,31). The minimum atomic E-state index is -4.66. The smallest absolute Gasteiger partial charge is 0.352 e. The Labute approximate surface area is 194 Å². The van der Waals surface area contributed by atoms with Gasteiger partial charge in [0.05, 0.1) is 21.3 Å². The number of carbonyl (C=O) groups excluding carboxylic acids is 1. The second-order valence-electron chi connectivity index (χ2n) is 7.32. The molecule has 1 aromatic heterocycles. The first-order valence-corrected chi connectivity index (χ1v) is 11.3. The number of benzene rings is 2. The summed E-state index contributed by atoms with van der Waals surface area (Å²) in [6.45, 7) is 1.87. The predicted octanol–water partition coefficient (Wildman–Crippen LogP) is 3.55. The van der Waals surface area contributed by atoms with E-state index in [2.05, 4.69) is 5.32 Å². The number of nitrogens with one attached hydrogen (secondary N) is 1. The van der Waals surface area contributed by atoms with E-state index in [1.54, 1.807) is 0 Å². The molecule has 3 N–H and O–H groups in total. The zero-order valence-corrected chi connectivity index (χ0v) is 18.8. The minimum Gasteiger partial charge on any atom is -0.352 e. The van der Waals surface area contributed by atoms with Gasteiger partial charge in [0.25, 0.3) is 11.5 Å². The van der Waals surface area contributed by atoms with E-state index in [1.165, 1.54) is 25.1 Å². The maximum atomic E-state index is 13.3. The first-order chi connectivity index (χ1) is 16.0. The van der Waals surface area contributed by atoms with Crippen molar-refractivity contribution in [3.8, 4) is 5.69 Å². The lowest BCUT2D eigenvalue weighted by Gasteiger charge is -2.17. The van der Waals surface area contributed by atoms with Crippen LogP contribution in [-0.2, 0) is 17.0 Å². The lowest BCUT2D eigenvalue weighted by molar-refractivity contribution is -0.137. The lowest BCUT2D eigenvalue weighted by atomic mass is 10.1. The third-order valence-corrected chi connectivity index (χ3v) is 6.48. The Balaban J connectivity index is 2.24. The fourth-order valence-electron chi connectivity index (χ4n) is 3.25. The van der Waals surface area contributed by atoms with Crippen LogP contribution in [0.3, 0.4) is 0 Å². The van der Waals surface area contributed by atoms with Crippen LogP contribution in [0, 0.1) is 12.7 Å². The van der Waals surface area contributed by atoms with Crippen LogP contribution in [0.2, 0.25) is 0 Å². The fraction of sp³-hybridized carbons (Fsp3) is 0.217. The van der Waals surface area contributed by atoms with Gasteiger partial charge in [-0.25, -0.2) is 8.60 Å². The van der Waals surface area contributed by atoms with Crippen molar-refractivity contribution in [2.75, 3.05) is 13.1 Å². The van der Waals surface area contributed by atoms with Crippen molar-refractivity contribution in [1.29, 1.82) is 0 Å². The summed E-state index contributed by atoms with van der Waals surface area (Å²) in [4.78, 5) is 26.2. The maximum absolute atomic E-state index is 13.3. The van der Waals surface area contributed by atoms with Crippen LogP contribution in [0.5, 0.6) is 0 Å². The first kappa shape index (κ1) is 25.3. The van der Waals surface area contributed by atoms with E-state index in [4.69, 9.17) is 5.73 Å². The van der Waals surface area contributed by atoms with Crippen molar-refractivity contribution in [3.63, 3.8) is 0 Å². The summed E-state index contributed by atoms with van der Waals surface area (Å²) in [6, 6.07) is 9.97. The van der Waals surface area contributed by atoms with E-state index >= 15 is 0 Å². The van der Waals surface area contributed by atoms with Crippen molar-refractivity contribution in [3.05, 3.63) is 87.6 Å². The molecule has 2 aromatic carbocycles. The minimum absolute atomic E-state index is 0.0209. The van der Waals surface area contributed by atoms with Crippen LogP contribution in [0.1, 0.15) is 28.0 Å². The molecule has 34 heavy (non-hydrogen) atoms. The van der Waals surface area contributed by atoms with Crippen LogP contribution < -0.4 is 16.6 Å². The van der Waals surface area contributed by atoms with Crippen molar-refractivity contribution in [2.45, 2.75) is 29.3 Å². The third kappa shape index (κ3) is 5.42. The van der Waals surface area contributed by atoms with Gasteiger partial charge in [0.2, 0.25) is 0 Å². The van der Waals surface area contributed by atoms with Crippen molar-refractivity contribution < 1.29 is 26.6 Å². The summed E-state index contributed by atoms with van der Waals surface area (Å²) < 4.78 is 67.4. The molecule has 3 aromatic rings. The summed E-state index contributed by atoms with van der Waals surface area (Å²) in [5.74, 6) is -1.33. The van der Waals surface area contributed by atoms with E-state index in [0.29, 0.717) is 13.0 Å². The van der Waals surface area contributed by atoms with Crippen molar-refractivity contribution in [1.82, 2.24) is 9.88 Å². The summed E-state index contributed by atoms with van der Waals surface area (Å²) in [5.41, 5.74) is 3.08. The topological polar surface area (TPSA) is 94.2 Å². The summed E-state index contributed by atoms with van der Waals surface area (Å²) in [6.07, 6.45) is -4.22. The maximum Gasteiger partial charge on any atom is 0.416 e. The zero-order chi connectivity index (χ0) is 25.0. The number of rotatable bonds is 7. The van der Waals surface area contributed by atoms with E-state index in [0.717, 1.165) is 41.0 Å². The second kappa shape index (κ2) is 10.3. The van der Waals surface area contributed by atoms with Gasteiger partial charge in [-0.2, -0.15) is 13.2 Å². The first-order valence-electron chi connectivity index (χ1n) is 10.1. The fourth-order valence-corrected chi connectivity index (χ4v) is 4.47. The van der Waals surface area contributed by atoms with Crippen molar-refractivity contribution in [2.24, 2.45) is 5.73 Å². The highest BCUT2D eigenvalue weighted by molar-refractivity contribution is 7.85. The van der Waals surface area contributed by atoms with E-state index in [-0.39, 0.29) is 27.7 Å². The van der Waals surface area contributed by atoms with Crippen LogP contribution in [0.4, 0.5) is 17.6 Å². The monoisotopic (exact) mass is 495 g/mol. The molecule has 6 nitrogen and oxygen atoms in total. The van der Waals surface area contributed by atoms with Crippen LogP contribution in [0.15, 0.2) is 69.2 Å². The normalized spacial score (nSPS) is 12.4. The van der Waals surface area contributed by atoms with Gasteiger partial charge >= 0.3 is 6.18 Å². The van der Waals surface area contributed by atoms with Gasteiger partial charge < -0.3 is 11.1 Å². The Morgan fingerprint density at radius 1 is 1.12 bits per heavy atom. The molecule has 3 rings (SSSR count). The molecule has 0 bridgehead atoms. The Kier molecular flexibility index (Phi) is 7.68. The molecule has 0 radical (unpaired) electrons. The number of hydrogen-bond donors (Lipinski definition) is 2. The number of aromatic nitrogens is 1. The highest BCUT2D eigenvalue weighted by Crippen LogP contribution is 2.31. The van der Waals surface area contributed by atoms with Gasteiger partial charge in [0, 0.05) is 22.8 Å². The van der Waals surface area contributed by atoms with Gasteiger partial charge in [-0.15, -0.1) is 0 Å². The molecule has 1 atom stereocenters. The number of nitrogens with two attached hydrogens (primary N) is 1. The quantitative estimate of drug-likeness (QED) is 0.387. The molecule has 0 spiro atoms. The highest BCUT2D eigenvalue weighted by atomic mass is 32.2. The van der Waals surface area contributed by atoms with Gasteiger partial charge in [0.1, 0.15) is 11.4 Å². The van der Waals surface area contributed by atoms with Crippen LogP contribution in [0.25, 0.3) is 5.69 Å². The molecule has 0 aliphatic carbocycles. The lowest BCUT2D eigenvalue weighted by Crippen LogP contribution is -2.35. The molecular weight excluding hydrogens is 474 g/mol. The Hall–Kier alpha value is -3.31. The number of halogens is 4. The zero-order valence-electron chi connectivity index (χ0n) is 18.0. The summed E-state index contributed by atoms with van der Waals surface area (Å²) >= 11 is 0. The van der Waals surface area contributed by atoms with Crippen LogP contribution in [-0.4, -0.2) is 27.8 Å². The molecule has 1 amide bonds. The number of carbonyl (C=O) groups is 1. The Bertz CT molecular complexity index is 1290. The molecule has 1 heterocycles. The predicted molar refractivity (Wildman–Crippen MR) is 119 cm³/mol. The highest BCUT2D eigenvalue weighted by Gasteiger charge is 2.31. The van der Waals surface area contributed by atoms with E-state index in [1.807, 2.05) is 0 Å². The summed E-state index contributed by atoms with van der Waals surface area (Å²) in [7, 11) is -1.96. The SMILES string of the molecule is Cc1c(S(=O)c2ccc(F)cc2)cc(C(=O)NCCCN)c(=O)n1-c1cccc(C(F)(F)F)c1. The van der Waals surface area contributed by atoms with Gasteiger partial charge in [-0.05, 0) is 68.4 Å². The average Bonchev–Trinajstić information content (AvgIpc) is 2.79. The molecule has 1 unspecified atom stereocenters. The Morgan fingerprint density at radius 2 is 1.79 bits per heavy atom. The third-order valence-electron chi connectivity index (χ3n) is 4.97. The number of hydrogen-bond acceptors (Lipinski definition) is 4. The Morgan fingerprint density at radius 3 is 2.41 bits per heavy atom. The van der Waals surface area contributed by atoms with Gasteiger partial charge in [-0.3, -0.25) is 14.2 Å². The van der Waals surface area contributed by atoms with E-state index < -0.39 is 45.4 Å². The molecule has 0 aliphatic heterocycles. The number of pyridine rings is 1. The van der Waals surface area contributed by atoms with E-state index in [9.17, 15) is 31.4 Å². The summed E-state index contributed by atoms with van der Waals surface area (Å²) in [5, 5.41) is 2.53. The molecule has 0 saturated heterocycles. The molecular formula is C23H21F4N3O3S. The van der Waals surface area contributed by atoms with Gasteiger partial charge in [0.15, 0.2) is 0 Å². The molecule has 180 valence electrons. The number of nitrogens with zero attached hydrogens (tertiary/aromatic N) is 1. The number of alkyl halides is 3. The van der Waals surface area contributed by atoms with Crippen LogP contribution >= 0.6 is 0 Å². The second-order valence-corrected chi connectivity index (χ2v) is 8.77. The van der Waals surface area contributed by atoms with Crippen molar-refractivity contribution >= 4 is 16.7 Å². The molecule has 0 saturated carbocycles. The number of amides is 1.